The lowest BCUT2D eigenvalue weighted by atomic mass is 10.2. The normalized spacial score (nSPS) is 10.4. The van der Waals surface area contributed by atoms with Gasteiger partial charge in [0.1, 0.15) is 5.82 Å². The van der Waals surface area contributed by atoms with Crippen LogP contribution in [0.5, 0.6) is 5.75 Å². The summed E-state index contributed by atoms with van der Waals surface area (Å²) in [5.41, 5.74) is 10.1. The van der Waals surface area contributed by atoms with Gasteiger partial charge >= 0.3 is 0 Å². The highest BCUT2D eigenvalue weighted by molar-refractivity contribution is 5.84. The van der Waals surface area contributed by atoms with Gasteiger partial charge in [-0.1, -0.05) is 0 Å². The van der Waals surface area contributed by atoms with Gasteiger partial charge in [0, 0.05) is 11.6 Å². The highest BCUT2D eigenvalue weighted by Gasteiger charge is 2.09. The lowest BCUT2D eigenvalue weighted by Crippen LogP contribution is -2.21. The first-order valence-corrected chi connectivity index (χ1v) is 4.19. The zero-order valence-electron chi connectivity index (χ0n) is 8.45. The Balaban J connectivity index is 3.12. The van der Waals surface area contributed by atoms with Gasteiger partial charge in [0.2, 0.25) is 5.96 Å². The van der Waals surface area contributed by atoms with Gasteiger partial charge in [-0.3, -0.25) is 0 Å². The number of ether oxygens (including phenoxy) is 1. The Kier molecular flexibility index (Phi) is 3.76. The third kappa shape index (κ3) is 2.91. The average molecular weight is 228 g/mol. The summed E-state index contributed by atoms with van der Waals surface area (Å²) in [5.74, 6) is -1.96. The molecule has 0 bridgehead atoms. The molecule has 16 heavy (non-hydrogen) atoms. The molecular weight excluding hydrogens is 218 g/mol. The Bertz CT molecular complexity index is 441. The molecule has 7 heteroatoms. The highest BCUT2D eigenvalue weighted by atomic mass is 19.1. The highest BCUT2D eigenvalue weighted by Crippen LogP contribution is 2.22. The van der Waals surface area contributed by atoms with Gasteiger partial charge in [0.25, 0.3) is 0 Å². The van der Waals surface area contributed by atoms with Crippen LogP contribution in [-0.2, 0) is 0 Å². The maximum absolute atomic E-state index is 13.2. The lowest BCUT2D eigenvalue weighted by Gasteiger charge is -2.05. The molecule has 0 aliphatic rings. The molecule has 0 saturated carbocycles. The third-order valence-electron chi connectivity index (χ3n) is 1.61. The van der Waals surface area contributed by atoms with Crippen LogP contribution in [0.2, 0.25) is 0 Å². The van der Waals surface area contributed by atoms with Crippen molar-refractivity contribution in [1.29, 1.82) is 0 Å². The topological polar surface area (TPSA) is 86.0 Å². The van der Waals surface area contributed by atoms with Crippen LogP contribution in [0.1, 0.15) is 5.56 Å². The first-order chi connectivity index (χ1) is 7.54. The van der Waals surface area contributed by atoms with Crippen molar-refractivity contribution in [1.82, 2.24) is 0 Å². The van der Waals surface area contributed by atoms with Gasteiger partial charge in [-0.25, -0.2) is 8.78 Å². The summed E-state index contributed by atoms with van der Waals surface area (Å²) >= 11 is 0. The molecule has 1 rings (SSSR count). The van der Waals surface area contributed by atoms with Crippen LogP contribution in [0.3, 0.4) is 0 Å². The maximum atomic E-state index is 13.2. The van der Waals surface area contributed by atoms with Gasteiger partial charge in [0.05, 0.1) is 13.3 Å². The van der Waals surface area contributed by atoms with Crippen LogP contribution in [0.25, 0.3) is 0 Å². The first kappa shape index (κ1) is 11.9. The van der Waals surface area contributed by atoms with E-state index in [0.717, 1.165) is 12.3 Å². The number of hydrogen-bond donors (Lipinski definition) is 2. The molecule has 1 aromatic rings. The Morgan fingerprint density at radius 1 is 1.38 bits per heavy atom. The molecule has 0 atom stereocenters. The van der Waals surface area contributed by atoms with E-state index in [1.54, 1.807) is 0 Å². The molecule has 0 saturated heterocycles. The van der Waals surface area contributed by atoms with Crippen molar-refractivity contribution < 1.29 is 13.5 Å². The van der Waals surface area contributed by atoms with Gasteiger partial charge in [-0.2, -0.15) is 5.10 Å². The van der Waals surface area contributed by atoms with Crippen molar-refractivity contribution in [2.75, 3.05) is 7.11 Å². The van der Waals surface area contributed by atoms with E-state index < -0.39 is 11.6 Å². The number of hydrogen-bond acceptors (Lipinski definition) is 3. The smallest absolute Gasteiger partial charge is 0.211 e. The van der Waals surface area contributed by atoms with Crippen LogP contribution in [0.4, 0.5) is 8.78 Å². The minimum Gasteiger partial charge on any atom is -0.493 e. The summed E-state index contributed by atoms with van der Waals surface area (Å²) < 4.78 is 30.8. The predicted octanol–water partition coefficient (Wildman–Crippen LogP) is 0.581. The lowest BCUT2D eigenvalue weighted by molar-refractivity contribution is 0.383. The number of guanidine groups is 1. The summed E-state index contributed by atoms with van der Waals surface area (Å²) in [7, 11) is 1.26. The fourth-order valence-corrected chi connectivity index (χ4v) is 1.05. The number of benzene rings is 1. The van der Waals surface area contributed by atoms with Crippen molar-refractivity contribution >= 4 is 12.2 Å². The number of nitrogens with two attached hydrogens (primary N) is 2. The minimum absolute atomic E-state index is 0.102. The van der Waals surface area contributed by atoms with E-state index in [1.807, 2.05) is 0 Å². The SMILES string of the molecule is COc1c(F)cc(F)cc1C=NN=C(N)N. The van der Waals surface area contributed by atoms with Crippen molar-refractivity contribution in [3.8, 4) is 5.75 Å². The minimum atomic E-state index is -0.825. The van der Waals surface area contributed by atoms with Crippen molar-refractivity contribution in [2.24, 2.45) is 21.7 Å². The van der Waals surface area contributed by atoms with E-state index in [-0.39, 0.29) is 17.3 Å². The van der Waals surface area contributed by atoms with Crippen LogP contribution in [-0.4, -0.2) is 19.3 Å². The average Bonchev–Trinajstić information content (AvgIpc) is 2.16. The predicted molar refractivity (Wildman–Crippen MR) is 56.3 cm³/mol. The third-order valence-corrected chi connectivity index (χ3v) is 1.61. The second kappa shape index (κ2) is 5.06. The fourth-order valence-electron chi connectivity index (χ4n) is 1.05. The molecule has 86 valence electrons. The second-order valence-corrected chi connectivity index (χ2v) is 2.78. The van der Waals surface area contributed by atoms with Gasteiger partial charge in [0.15, 0.2) is 11.6 Å². The number of methoxy groups -OCH3 is 1. The molecule has 0 unspecified atom stereocenters. The van der Waals surface area contributed by atoms with Crippen molar-refractivity contribution in [3.05, 3.63) is 29.3 Å². The van der Waals surface area contributed by atoms with Crippen molar-refractivity contribution in [2.45, 2.75) is 0 Å². The zero-order chi connectivity index (χ0) is 12.1. The van der Waals surface area contributed by atoms with E-state index in [1.165, 1.54) is 7.11 Å². The molecule has 4 N–H and O–H groups in total. The molecule has 0 radical (unpaired) electrons. The van der Waals surface area contributed by atoms with Crippen LogP contribution in [0.15, 0.2) is 22.3 Å². The molecule has 5 nitrogen and oxygen atoms in total. The number of rotatable bonds is 3. The van der Waals surface area contributed by atoms with E-state index >= 15 is 0 Å². The fraction of sp³-hybridized carbons (Fsp3) is 0.111. The Morgan fingerprint density at radius 2 is 2.06 bits per heavy atom. The number of halogens is 2. The van der Waals surface area contributed by atoms with E-state index in [0.29, 0.717) is 6.07 Å². The molecule has 0 amide bonds. The molecule has 0 spiro atoms. The largest absolute Gasteiger partial charge is 0.493 e. The molecule has 0 fully saturated rings. The summed E-state index contributed by atoms with van der Waals surface area (Å²) in [6.45, 7) is 0. The monoisotopic (exact) mass is 228 g/mol. The standard InChI is InChI=1S/C9H10F2N4O/c1-16-8-5(4-14-15-9(12)13)2-6(10)3-7(8)11/h2-4H,1H3,(H4,12,13,15). The van der Waals surface area contributed by atoms with E-state index in [2.05, 4.69) is 10.2 Å². The van der Waals surface area contributed by atoms with Gasteiger partial charge < -0.3 is 16.2 Å². The van der Waals surface area contributed by atoms with Crippen molar-refractivity contribution in [3.63, 3.8) is 0 Å². The molecular formula is C9H10F2N4O. The number of nitrogens with zero attached hydrogens (tertiary/aromatic N) is 2. The molecule has 0 heterocycles. The van der Waals surface area contributed by atoms with E-state index in [4.69, 9.17) is 16.2 Å². The maximum Gasteiger partial charge on any atom is 0.211 e. The van der Waals surface area contributed by atoms with Crippen LogP contribution >= 0.6 is 0 Å². The summed E-state index contributed by atoms with van der Waals surface area (Å²) in [5, 5.41) is 6.73. The first-order valence-electron chi connectivity index (χ1n) is 4.19. The summed E-state index contributed by atoms with van der Waals surface area (Å²) in [4.78, 5) is 0. The van der Waals surface area contributed by atoms with Gasteiger partial charge in [-0.05, 0) is 6.07 Å². The summed E-state index contributed by atoms with van der Waals surface area (Å²) in [6, 6.07) is 1.75. The Hall–Kier alpha value is -2.18. The summed E-state index contributed by atoms with van der Waals surface area (Å²) in [6.07, 6.45) is 1.09. The molecule has 1 aromatic carbocycles. The van der Waals surface area contributed by atoms with E-state index in [9.17, 15) is 8.78 Å². The second-order valence-electron chi connectivity index (χ2n) is 2.78. The van der Waals surface area contributed by atoms with Gasteiger partial charge in [-0.15, -0.1) is 5.10 Å². The Morgan fingerprint density at radius 3 is 2.62 bits per heavy atom. The molecule has 0 aromatic heterocycles. The quantitative estimate of drug-likeness (QED) is 0.450. The molecule has 0 aliphatic carbocycles. The Labute approximate surface area is 90.4 Å². The molecule has 0 aliphatic heterocycles. The van der Waals surface area contributed by atoms with Crippen LogP contribution in [0, 0.1) is 11.6 Å². The zero-order valence-corrected chi connectivity index (χ0v) is 8.45. The van der Waals surface area contributed by atoms with Crippen LogP contribution < -0.4 is 16.2 Å².